The van der Waals surface area contributed by atoms with Gasteiger partial charge < -0.3 is 4.42 Å². The van der Waals surface area contributed by atoms with Gasteiger partial charge in [-0.25, -0.2) is 18.1 Å². The standard InChI is InChI=1S/C18H16N4O3S2/c1-27(23,24)19-11-17-22-21-16(25-17)10-18-20-14-8-7-13(9-15(14)26-18)12-5-3-2-4-6-12/h2-9,19H,10-11H2,1H3. The highest BCUT2D eigenvalue weighted by molar-refractivity contribution is 7.88. The minimum atomic E-state index is -3.30. The van der Waals surface area contributed by atoms with Gasteiger partial charge in [-0.3, -0.25) is 0 Å². The molecule has 0 aliphatic rings. The van der Waals surface area contributed by atoms with Crippen LogP contribution < -0.4 is 4.72 Å². The van der Waals surface area contributed by atoms with Crippen LogP contribution >= 0.6 is 11.3 Å². The van der Waals surface area contributed by atoms with Crippen molar-refractivity contribution in [1.82, 2.24) is 19.9 Å². The summed E-state index contributed by atoms with van der Waals surface area (Å²) in [5, 5.41) is 8.68. The molecule has 0 bridgehead atoms. The van der Waals surface area contributed by atoms with Crippen LogP contribution in [-0.4, -0.2) is 29.9 Å². The Balaban J connectivity index is 1.52. The molecule has 0 amide bonds. The topological polar surface area (TPSA) is 98.0 Å². The molecule has 0 unspecified atom stereocenters. The summed E-state index contributed by atoms with van der Waals surface area (Å²) in [6, 6.07) is 16.4. The molecule has 0 aliphatic carbocycles. The molecule has 1 N–H and O–H groups in total. The van der Waals surface area contributed by atoms with Crippen molar-refractivity contribution in [3.63, 3.8) is 0 Å². The lowest BCUT2D eigenvalue weighted by Gasteiger charge is -2.00. The molecule has 0 saturated heterocycles. The maximum Gasteiger partial charge on any atom is 0.231 e. The predicted molar refractivity (Wildman–Crippen MR) is 104 cm³/mol. The van der Waals surface area contributed by atoms with Gasteiger partial charge in [0, 0.05) is 0 Å². The van der Waals surface area contributed by atoms with Crippen molar-refractivity contribution in [2.24, 2.45) is 0 Å². The quantitative estimate of drug-likeness (QED) is 0.534. The molecular weight excluding hydrogens is 384 g/mol. The van der Waals surface area contributed by atoms with Crippen LogP contribution in [0, 0.1) is 0 Å². The van der Waals surface area contributed by atoms with Gasteiger partial charge in [-0.1, -0.05) is 36.4 Å². The highest BCUT2D eigenvalue weighted by Gasteiger charge is 2.12. The second-order valence-electron chi connectivity index (χ2n) is 6.02. The number of nitrogens with zero attached hydrogens (tertiary/aromatic N) is 3. The van der Waals surface area contributed by atoms with Crippen LogP contribution in [0.2, 0.25) is 0 Å². The van der Waals surface area contributed by atoms with E-state index in [4.69, 9.17) is 4.42 Å². The lowest BCUT2D eigenvalue weighted by molar-refractivity contribution is 0.451. The number of benzene rings is 2. The average Bonchev–Trinajstić information content (AvgIpc) is 3.26. The van der Waals surface area contributed by atoms with E-state index >= 15 is 0 Å². The maximum atomic E-state index is 11.1. The molecule has 0 fully saturated rings. The van der Waals surface area contributed by atoms with E-state index in [1.54, 1.807) is 11.3 Å². The number of rotatable bonds is 6. The van der Waals surface area contributed by atoms with Gasteiger partial charge in [0.05, 0.1) is 29.4 Å². The number of fused-ring (bicyclic) bond motifs is 1. The Bertz CT molecular complexity index is 1180. The van der Waals surface area contributed by atoms with Crippen LogP contribution in [0.15, 0.2) is 52.9 Å². The van der Waals surface area contributed by atoms with Gasteiger partial charge in [0.1, 0.15) is 5.01 Å². The maximum absolute atomic E-state index is 11.1. The van der Waals surface area contributed by atoms with Gasteiger partial charge in [-0.2, -0.15) is 0 Å². The third kappa shape index (κ3) is 4.38. The Labute approximate surface area is 160 Å². The van der Waals surface area contributed by atoms with Crippen LogP contribution in [0.4, 0.5) is 0 Å². The van der Waals surface area contributed by atoms with E-state index in [0.29, 0.717) is 12.3 Å². The van der Waals surface area contributed by atoms with Gasteiger partial charge in [0.25, 0.3) is 0 Å². The molecule has 0 spiro atoms. The summed E-state index contributed by atoms with van der Waals surface area (Å²) >= 11 is 1.58. The molecule has 0 radical (unpaired) electrons. The smallest absolute Gasteiger partial charge is 0.231 e. The molecule has 2 aromatic carbocycles. The van der Waals surface area contributed by atoms with Crippen molar-refractivity contribution in [3.8, 4) is 11.1 Å². The normalized spacial score (nSPS) is 11.9. The van der Waals surface area contributed by atoms with Gasteiger partial charge in [-0.05, 0) is 23.3 Å². The Kier molecular flexibility index (Phi) is 4.73. The van der Waals surface area contributed by atoms with E-state index < -0.39 is 10.0 Å². The molecule has 0 atom stereocenters. The van der Waals surface area contributed by atoms with Crippen LogP contribution in [0.3, 0.4) is 0 Å². The first-order chi connectivity index (χ1) is 13.0. The fraction of sp³-hybridized carbons (Fsp3) is 0.167. The molecule has 0 aliphatic heterocycles. The Hall–Kier alpha value is -2.62. The lowest BCUT2D eigenvalue weighted by Crippen LogP contribution is -2.21. The van der Waals surface area contributed by atoms with Crippen molar-refractivity contribution in [2.75, 3.05) is 6.26 Å². The zero-order valence-corrected chi connectivity index (χ0v) is 16.0. The van der Waals surface area contributed by atoms with E-state index in [2.05, 4.69) is 44.2 Å². The molecule has 138 valence electrons. The Morgan fingerprint density at radius 3 is 2.59 bits per heavy atom. The van der Waals surface area contributed by atoms with Crippen LogP contribution in [0.5, 0.6) is 0 Å². The van der Waals surface area contributed by atoms with E-state index in [1.165, 1.54) is 0 Å². The Morgan fingerprint density at radius 1 is 1.04 bits per heavy atom. The molecule has 2 heterocycles. The number of aromatic nitrogens is 3. The van der Waals surface area contributed by atoms with Crippen LogP contribution in [0.25, 0.3) is 21.3 Å². The second-order valence-corrected chi connectivity index (χ2v) is 8.96. The summed E-state index contributed by atoms with van der Waals surface area (Å²) in [5.74, 6) is 0.630. The van der Waals surface area contributed by atoms with Crippen molar-refractivity contribution in [2.45, 2.75) is 13.0 Å². The molecule has 0 saturated carbocycles. The Morgan fingerprint density at radius 2 is 1.81 bits per heavy atom. The molecular formula is C18H16N4O3S2. The molecule has 4 rings (SSSR count). The third-order valence-corrected chi connectivity index (χ3v) is 5.52. The summed E-state index contributed by atoms with van der Waals surface area (Å²) in [7, 11) is -3.30. The highest BCUT2D eigenvalue weighted by atomic mass is 32.2. The lowest BCUT2D eigenvalue weighted by atomic mass is 10.1. The summed E-state index contributed by atoms with van der Waals surface area (Å²) in [6.07, 6.45) is 1.49. The van der Waals surface area contributed by atoms with E-state index in [-0.39, 0.29) is 12.4 Å². The minimum Gasteiger partial charge on any atom is -0.423 e. The SMILES string of the molecule is CS(=O)(=O)NCc1nnc(Cc2nc3ccc(-c4ccccc4)cc3s2)o1. The first kappa shape index (κ1) is 17.8. The fourth-order valence-corrected chi connectivity index (χ4v) is 3.99. The predicted octanol–water partition coefficient (Wildman–Crippen LogP) is 2.99. The molecule has 4 aromatic rings. The van der Waals surface area contributed by atoms with Gasteiger partial charge in [0.15, 0.2) is 0 Å². The number of nitrogens with one attached hydrogen (secondary N) is 1. The first-order valence-corrected chi connectivity index (χ1v) is 10.9. The van der Waals surface area contributed by atoms with Gasteiger partial charge in [-0.15, -0.1) is 21.5 Å². The zero-order valence-electron chi connectivity index (χ0n) is 14.4. The van der Waals surface area contributed by atoms with Crippen molar-refractivity contribution < 1.29 is 12.8 Å². The van der Waals surface area contributed by atoms with Crippen molar-refractivity contribution in [3.05, 3.63) is 65.3 Å². The number of sulfonamides is 1. The number of hydrogen-bond donors (Lipinski definition) is 1. The van der Waals surface area contributed by atoms with Crippen LogP contribution in [0.1, 0.15) is 16.8 Å². The zero-order chi connectivity index (χ0) is 18.9. The molecule has 27 heavy (non-hydrogen) atoms. The van der Waals surface area contributed by atoms with E-state index in [0.717, 1.165) is 32.6 Å². The molecule has 2 aromatic heterocycles. The molecule has 7 nitrogen and oxygen atoms in total. The first-order valence-electron chi connectivity index (χ1n) is 8.17. The summed E-state index contributed by atoms with van der Waals surface area (Å²) in [6.45, 7) is -0.0217. The monoisotopic (exact) mass is 400 g/mol. The minimum absolute atomic E-state index is 0.0217. The summed E-state index contributed by atoms with van der Waals surface area (Å²) in [5.41, 5.74) is 3.23. The number of thiazole rings is 1. The van der Waals surface area contributed by atoms with E-state index in [1.807, 2.05) is 24.3 Å². The average molecular weight is 400 g/mol. The van der Waals surface area contributed by atoms with E-state index in [9.17, 15) is 8.42 Å². The summed E-state index contributed by atoms with van der Waals surface area (Å²) < 4.78 is 31.1. The van der Waals surface area contributed by atoms with Crippen molar-refractivity contribution in [1.29, 1.82) is 0 Å². The van der Waals surface area contributed by atoms with Gasteiger partial charge >= 0.3 is 0 Å². The number of hydrogen-bond acceptors (Lipinski definition) is 7. The fourth-order valence-electron chi connectivity index (χ4n) is 2.61. The highest BCUT2D eigenvalue weighted by Crippen LogP contribution is 2.29. The largest absolute Gasteiger partial charge is 0.423 e. The molecule has 9 heteroatoms. The summed E-state index contributed by atoms with van der Waals surface area (Å²) in [4.78, 5) is 4.62. The second kappa shape index (κ2) is 7.18. The van der Waals surface area contributed by atoms with Crippen molar-refractivity contribution >= 4 is 31.6 Å². The van der Waals surface area contributed by atoms with Gasteiger partial charge in [0.2, 0.25) is 21.8 Å². The van der Waals surface area contributed by atoms with Crippen LogP contribution in [-0.2, 0) is 23.0 Å². The third-order valence-electron chi connectivity index (χ3n) is 3.84.